The molecule has 1 heterocycles. The lowest BCUT2D eigenvalue weighted by atomic mass is 10.0. The molecule has 0 aromatic heterocycles. The van der Waals surface area contributed by atoms with Gasteiger partial charge in [-0.25, -0.2) is 0 Å². The summed E-state index contributed by atoms with van der Waals surface area (Å²) in [5.41, 5.74) is 0. The topological polar surface area (TPSA) is 107 Å². The van der Waals surface area contributed by atoms with Crippen molar-refractivity contribution in [1.29, 1.82) is 0 Å². The molecule has 0 amide bonds. The van der Waals surface area contributed by atoms with E-state index in [1.165, 1.54) is 0 Å². The molecule has 4 N–H and O–H groups in total. The van der Waals surface area contributed by atoms with Gasteiger partial charge in [-0.15, -0.1) is 0 Å². The number of ether oxygens (including phenoxy) is 1. The fourth-order valence-corrected chi connectivity index (χ4v) is 1.34. The zero-order valence-corrected chi connectivity index (χ0v) is 7.54. The van der Waals surface area contributed by atoms with Crippen LogP contribution in [0.15, 0.2) is 0 Å². The zero-order valence-electron chi connectivity index (χ0n) is 7.54. The van der Waals surface area contributed by atoms with E-state index < -0.39 is 37.0 Å². The lowest BCUT2D eigenvalue weighted by Crippen LogP contribution is -2.45. The minimum Gasteiger partial charge on any atom is -0.459 e. The highest BCUT2D eigenvalue weighted by Gasteiger charge is 2.36. The SMILES string of the molecule is O=C1CC[C@H]([C@@H](O)[C@H](O)[C@H](O)CO)O1. The van der Waals surface area contributed by atoms with Crippen LogP contribution >= 0.6 is 0 Å². The van der Waals surface area contributed by atoms with Crippen LogP contribution in [0.5, 0.6) is 0 Å². The minimum atomic E-state index is -1.50. The molecule has 1 saturated heterocycles. The zero-order chi connectivity index (χ0) is 10.7. The molecule has 0 aromatic rings. The Balaban J connectivity index is 2.47. The molecule has 0 radical (unpaired) electrons. The number of carbonyl (C=O) groups is 1. The highest BCUT2D eigenvalue weighted by molar-refractivity contribution is 5.71. The number of esters is 1. The number of aliphatic hydroxyl groups is 4. The Morgan fingerprint density at radius 3 is 2.50 bits per heavy atom. The lowest BCUT2D eigenvalue weighted by molar-refractivity contribution is -0.154. The fraction of sp³-hybridized carbons (Fsp3) is 0.875. The summed E-state index contributed by atoms with van der Waals surface area (Å²) in [4.78, 5) is 10.7. The van der Waals surface area contributed by atoms with Crippen LogP contribution in [0.25, 0.3) is 0 Å². The van der Waals surface area contributed by atoms with Crippen LogP contribution in [0.2, 0.25) is 0 Å². The molecule has 4 atom stereocenters. The van der Waals surface area contributed by atoms with E-state index in [0.717, 1.165) is 0 Å². The van der Waals surface area contributed by atoms with Crippen molar-refractivity contribution in [3.63, 3.8) is 0 Å². The van der Waals surface area contributed by atoms with Gasteiger partial charge in [0.1, 0.15) is 24.4 Å². The Bertz CT molecular complexity index is 206. The van der Waals surface area contributed by atoms with E-state index in [0.29, 0.717) is 6.42 Å². The molecule has 0 spiro atoms. The number of carbonyl (C=O) groups excluding carboxylic acids is 1. The molecule has 0 aliphatic carbocycles. The van der Waals surface area contributed by atoms with Gasteiger partial charge in [0.05, 0.1) is 6.61 Å². The van der Waals surface area contributed by atoms with Crippen molar-refractivity contribution in [3.05, 3.63) is 0 Å². The number of cyclic esters (lactones) is 1. The van der Waals surface area contributed by atoms with Gasteiger partial charge in [0.15, 0.2) is 0 Å². The summed E-state index contributed by atoms with van der Waals surface area (Å²) in [7, 11) is 0. The van der Waals surface area contributed by atoms with E-state index in [9.17, 15) is 15.0 Å². The molecule has 1 aliphatic rings. The maximum Gasteiger partial charge on any atom is 0.306 e. The fourth-order valence-electron chi connectivity index (χ4n) is 1.34. The molecule has 1 aliphatic heterocycles. The molecule has 0 aromatic carbocycles. The monoisotopic (exact) mass is 206 g/mol. The maximum atomic E-state index is 10.7. The number of aliphatic hydroxyl groups excluding tert-OH is 4. The average molecular weight is 206 g/mol. The third-order valence-corrected chi connectivity index (χ3v) is 2.23. The third-order valence-electron chi connectivity index (χ3n) is 2.23. The average Bonchev–Trinajstić information content (AvgIpc) is 2.61. The van der Waals surface area contributed by atoms with Crippen molar-refractivity contribution in [2.24, 2.45) is 0 Å². The van der Waals surface area contributed by atoms with E-state index in [4.69, 9.17) is 14.9 Å². The van der Waals surface area contributed by atoms with Crippen LogP contribution in [-0.2, 0) is 9.53 Å². The quantitative estimate of drug-likeness (QED) is 0.388. The van der Waals surface area contributed by atoms with E-state index in [2.05, 4.69) is 0 Å². The Hall–Kier alpha value is -0.690. The molecular formula is C8H14O6. The summed E-state index contributed by atoms with van der Waals surface area (Å²) in [6.07, 6.45) is -4.57. The van der Waals surface area contributed by atoms with Gasteiger partial charge >= 0.3 is 5.97 Å². The van der Waals surface area contributed by atoms with Crippen LogP contribution in [0.1, 0.15) is 12.8 Å². The summed E-state index contributed by atoms with van der Waals surface area (Å²) in [6.45, 7) is -0.654. The van der Waals surface area contributed by atoms with Crippen molar-refractivity contribution < 1.29 is 30.0 Å². The minimum absolute atomic E-state index is 0.198. The highest BCUT2D eigenvalue weighted by atomic mass is 16.6. The van der Waals surface area contributed by atoms with Crippen LogP contribution in [0, 0.1) is 0 Å². The largest absolute Gasteiger partial charge is 0.459 e. The Labute approximate surface area is 80.7 Å². The summed E-state index contributed by atoms with van der Waals surface area (Å²) >= 11 is 0. The predicted octanol–water partition coefficient (Wildman–Crippen LogP) is -2.23. The second kappa shape index (κ2) is 4.70. The first-order valence-electron chi connectivity index (χ1n) is 4.40. The van der Waals surface area contributed by atoms with Gasteiger partial charge < -0.3 is 25.2 Å². The molecule has 1 fully saturated rings. The summed E-state index contributed by atoms with van der Waals surface area (Å²) in [6, 6.07) is 0. The number of rotatable bonds is 4. The molecule has 0 unspecified atom stereocenters. The van der Waals surface area contributed by atoms with Crippen molar-refractivity contribution in [2.45, 2.75) is 37.3 Å². The first-order chi connectivity index (χ1) is 6.56. The van der Waals surface area contributed by atoms with Gasteiger partial charge in [-0.3, -0.25) is 4.79 Å². The normalized spacial score (nSPS) is 28.3. The van der Waals surface area contributed by atoms with Gasteiger partial charge in [0, 0.05) is 6.42 Å². The smallest absolute Gasteiger partial charge is 0.306 e. The Morgan fingerprint density at radius 2 is 2.07 bits per heavy atom. The standard InChI is InChI=1S/C8H14O6/c9-3-4(10)7(12)8(13)5-1-2-6(11)14-5/h4-5,7-10,12-13H,1-3H2/t4-,5-,7-,8-/m1/s1. The van der Waals surface area contributed by atoms with Gasteiger partial charge in [-0.1, -0.05) is 0 Å². The Kier molecular flexibility index (Phi) is 3.82. The van der Waals surface area contributed by atoms with Gasteiger partial charge in [-0.2, -0.15) is 0 Å². The lowest BCUT2D eigenvalue weighted by Gasteiger charge is -2.24. The first-order valence-corrected chi connectivity index (χ1v) is 4.40. The van der Waals surface area contributed by atoms with Crippen LogP contribution in [-0.4, -0.2) is 57.4 Å². The van der Waals surface area contributed by atoms with E-state index in [1.54, 1.807) is 0 Å². The molecule has 14 heavy (non-hydrogen) atoms. The van der Waals surface area contributed by atoms with E-state index in [1.807, 2.05) is 0 Å². The van der Waals surface area contributed by atoms with Crippen LogP contribution in [0.3, 0.4) is 0 Å². The highest BCUT2D eigenvalue weighted by Crippen LogP contribution is 2.20. The van der Waals surface area contributed by atoms with Gasteiger partial charge in [0.25, 0.3) is 0 Å². The van der Waals surface area contributed by atoms with Crippen molar-refractivity contribution >= 4 is 5.97 Å². The number of hydrogen-bond acceptors (Lipinski definition) is 6. The van der Waals surface area contributed by atoms with E-state index in [-0.39, 0.29) is 6.42 Å². The molecule has 6 heteroatoms. The molecular weight excluding hydrogens is 192 g/mol. The molecule has 0 bridgehead atoms. The van der Waals surface area contributed by atoms with Crippen LogP contribution in [0.4, 0.5) is 0 Å². The van der Waals surface area contributed by atoms with Crippen molar-refractivity contribution in [3.8, 4) is 0 Å². The molecule has 1 rings (SSSR count). The summed E-state index contributed by atoms with van der Waals surface area (Å²) in [5.74, 6) is -0.431. The Morgan fingerprint density at radius 1 is 1.43 bits per heavy atom. The maximum absolute atomic E-state index is 10.7. The van der Waals surface area contributed by atoms with Crippen molar-refractivity contribution in [2.75, 3.05) is 6.61 Å². The molecule has 0 saturated carbocycles. The third kappa shape index (κ3) is 2.42. The second-order valence-electron chi connectivity index (χ2n) is 3.30. The van der Waals surface area contributed by atoms with Crippen LogP contribution < -0.4 is 0 Å². The number of hydrogen-bond donors (Lipinski definition) is 4. The molecule has 6 nitrogen and oxygen atoms in total. The molecule has 82 valence electrons. The van der Waals surface area contributed by atoms with Gasteiger partial charge in [-0.05, 0) is 6.42 Å². The first kappa shape index (κ1) is 11.4. The van der Waals surface area contributed by atoms with E-state index >= 15 is 0 Å². The predicted molar refractivity (Wildman–Crippen MR) is 44.2 cm³/mol. The second-order valence-corrected chi connectivity index (χ2v) is 3.30. The van der Waals surface area contributed by atoms with Crippen molar-refractivity contribution in [1.82, 2.24) is 0 Å². The summed E-state index contributed by atoms with van der Waals surface area (Å²) in [5, 5.41) is 36.3. The van der Waals surface area contributed by atoms with Gasteiger partial charge in [0.2, 0.25) is 0 Å². The summed E-state index contributed by atoms with van der Waals surface area (Å²) < 4.78 is 4.70.